The molecule has 26 heavy (non-hydrogen) atoms. The molecule has 0 bridgehead atoms. The number of aromatic hydroxyl groups is 2. The molecule has 3 N–H and O–H groups in total. The van der Waals surface area contributed by atoms with Gasteiger partial charge in [0.2, 0.25) is 5.91 Å². The lowest BCUT2D eigenvalue weighted by Crippen LogP contribution is -2.17. The molecule has 132 valence electrons. The van der Waals surface area contributed by atoms with Gasteiger partial charge >= 0.3 is 0 Å². The summed E-state index contributed by atoms with van der Waals surface area (Å²) in [5, 5.41) is 25.1. The Balaban J connectivity index is 1.54. The largest absolute Gasteiger partial charge is 0.508 e. The van der Waals surface area contributed by atoms with Gasteiger partial charge in [0.1, 0.15) is 11.5 Å². The highest BCUT2D eigenvalue weighted by Gasteiger charge is 2.05. The molecule has 0 aliphatic carbocycles. The molecule has 3 aromatic carbocycles. The van der Waals surface area contributed by atoms with E-state index in [2.05, 4.69) is 10.5 Å². The van der Waals surface area contributed by atoms with Gasteiger partial charge < -0.3 is 10.2 Å². The van der Waals surface area contributed by atoms with Gasteiger partial charge in [-0.05, 0) is 47.4 Å². The number of phenolic OH excluding ortho intramolecular Hbond substituents is 2. The van der Waals surface area contributed by atoms with Crippen LogP contribution in [0.25, 0.3) is 10.8 Å². The van der Waals surface area contributed by atoms with Crippen molar-refractivity contribution in [3.8, 4) is 11.5 Å². The van der Waals surface area contributed by atoms with E-state index in [-0.39, 0.29) is 17.4 Å². The van der Waals surface area contributed by atoms with Crippen molar-refractivity contribution >= 4 is 22.9 Å². The van der Waals surface area contributed by atoms with Crippen LogP contribution in [0.3, 0.4) is 0 Å². The van der Waals surface area contributed by atoms with Crippen LogP contribution in [0.15, 0.2) is 65.8 Å². The second-order valence-electron chi connectivity index (χ2n) is 6.03. The van der Waals surface area contributed by atoms with Crippen molar-refractivity contribution in [3.63, 3.8) is 0 Å². The smallest absolute Gasteiger partial charge is 0.240 e. The van der Waals surface area contributed by atoms with Crippen molar-refractivity contribution < 1.29 is 15.0 Å². The second-order valence-corrected chi connectivity index (χ2v) is 6.03. The van der Waals surface area contributed by atoms with E-state index in [1.165, 1.54) is 6.21 Å². The summed E-state index contributed by atoms with van der Waals surface area (Å²) in [6.45, 7) is 0. The number of benzene rings is 3. The second kappa shape index (κ2) is 8.16. The van der Waals surface area contributed by atoms with Gasteiger partial charge in [-0.1, -0.05) is 42.5 Å². The maximum atomic E-state index is 11.9. The van der Waals surface area contributed by atoms with E-state index in [0.717, 1.165) is 22.8 Å². The molecule has 0 heterocycles. The van der Waals surface area contributed by atoms with E-state index in [1.807, 2.05) is 42.5 Å². The van der Waals surface area contributed by atoms with E-state index in [1.54, 1.807) is 18.2 Å². The highest BCUT2D eigenvalue weighted by molar-refractivity contribution is 6.02. The van der Waals surface area contributed by atoms with Crippen molar-refractivity contribution in [2.75, 3.05) is 0 Å². The third kappa shape index (κ3) is 4.39. The Morgan fingerprint density at radius 1 is 1.00 bits per heavy atom. The number of aryl methyl sites for hydroxylation is 1. The molecule has 0 spiro atoms. The summed E-state index contributed by atoms with van der Waals surface area (Å²) in [4.78, 5) is 11.9. The fourth-order valence-electron chi connectivity index (χ4n) is 2.76. The quantitative estimate of drug-likeness (QED) is 0.469. The molecule has 0 aliphatic rings. The third-order valence-electron chi connectivity index (χ3n) is 4.14. The minimum absolute atomic E-state index is 0.119. The molecule has 0 radical (unpaired) electrons. The maximum absolute atomic E-state index is 11.9. The Kier molecular flexibility index (Phi) is 5.49. The highest BCUT2D eigenvalue weighted by atomic mass is 16.3. The van der Waals surface area contributed by atoms with Crippen LogP contribution in [-0.4, -0.2) is 22.3 Å². The van der Waals surface area contributed by atoms with E-state index in [9.17, 15) is 15.0 Å². The zero-order valence-corrected chi connectivity index (χ0v) is 14.2. The minimum atomic E-state index is -0.181. The molecule has 3 rings (SSSR count). The molecule has 0 atom stereocenters. The van der Waals surface area contributed by atoms with Gasteiger partial charge in [0.05, 0.1) is 6.21 Å². The number of phenols is 2. The summed E-state index contributed by atoms with van der Waals surface area (Å²) < 4.78 is 0. The monoisotopic (exact) mass is 348 g/mol. The number of nitrogens with zero attached hydrogens (tertiary/aromatic N) is 1. The molecular formula is C21H20N2O3. The predicted octanol–water partition coefficient (Wildman–Crippen LogP) is 3.72. The fraction of sp³-hybridized carbons (Fsp3) is 0.143. The number of hydrazone groups is 1. The first-order valence-corrected chi connectivity index (χ1v) is 8.44. The number of fused-ring (bicyclic) bond motifs is 1. The first kappa shape index (κ1) is 17.5. The highest BCUT2D eigenvalue weighted by Crippen LogP contribution is 2.25. The summed E-state index contributed by atoms with van der Waals surface area (Å²) >= 11 is 0. The van der Waals surface area contributed by atoms with Gasteiger partial charge in [0, 0.05) is 12.0 Å². The summed E-state index contributed by atoms with van der Waals surface area (Å²) in [6, 6.07) is 18.1. The van der Waals surface area contributed by atoms with Crippen LogP contribution in [0.1, 0.15) is 24.0 Å². The Labute approximate surface area is 151 Å². The molecule has 0 aromatic heterocycles. The first-order valence-electron chi connectivity index (χ1n) is 8.44. The van der Waals surface area contributed by atoms with Crippen LogP contribution >= 0.6 is 0 Å². The Morgan fingerprint density at radius 3 is 2.58 bits per heavy atom. The van der Waals surface area contributed by atoms with Crippen molar-refractivity contribution in [1.82, 2.24) is 5.43 Å². The number of carbonyl (C=O) groups excluding carboxylic acids is 1. The Morgan fingerprint density at radius 2 is 1.77 bits per heavy atom. The van der Waals surface area contributed by atoms with Crippen LogP contribution in [0.2, 0.25) is 0 Å². The van der Waals surface area contributed by atoms with E-state index in [4.69, 9.17) is 0 Å². The maximum Gasteiger partial charge on any atom is 0.240 e. The summed E-state index contributed by atoms with van der Waals surface area (Å²) in [5.41, 5.74) is 4.14. The number of hydrogen-bond acceptors (Lipinski definition) is 4. The number of carbonyl (C=O) groups is 1. The number of hydrogen-bond donors (Lipinski definition) is 3. The normalized spacial score (nSPS) is 11.1. The minimum Gasteiger partial charge on any atom is -0.508 e. The lowest BCUT2D eigenvalue weighted by molar-refractivity contribution is -0.121. The van der Waals surface area contributed by atoms with Gasteiger partial charge in [0.25, 0.3) is 0 Å². The van der Waals surface area contributed by atoms with Gasteiger partial charge in [-0.25, -0.2) is 5.43 Å². The molecule has 0 saturated heterocycles. The van der Waals surface area contributed by atoms with E-state index >= 15 is 0 Å². The Bertz CT molecular complexity index is 934. The van der Waals surface area contributed by atoms with Crippen LogP contribution in [0.5, 0.6) is 11.5 Å². The lowest BCUT2D eigenvalue weighted by atomic mass is 10.0. The van der Waals surface area contributed by atoms with Gasteiger partial charge in [-0.15, -0.1) is 0 Å². The van der Waals surface area contributed by atoms with E-state index < -0.39 is 0 Å². The molecule has 0 aliphatic heterocycles. The molecular weight excluding hydrogens is 328 g/mol. The van der Waals surface area contributed by atoms with Crippen molar-refractivity contribution in [2.45, 2.75) is 19.3 Å². The topological polar surface area (TPSA) is 81.9 Å². The number of rotatable bonds is 6. The molecule has 0 saturated carbocycles. The molecule has 0 unspecified atom stereocenters. The molecule has 1 amide bonds. The standard InChI is InChI=1S/C21H20N2O3/c24-17-11-8-15(9-12-17)4-3-7-21(26)23-22-14-19-18-6-2-1-5-16(18)10-13-20(19)25/h1-2,5-6,8-14,24-25H,3-4,7H2,(H,23,26)/b22-14-. The molecule has 0 fully saturated rings. The number of amides is 1. The summed E-state index contributed by atoms with van der Waals surface area (Å²) in [5.74, 6) is 0.173. The molecule has 5 nitrogen and oxygen atoms in total. The van der Waals surface area contributed by atoms with Crippen LogP contribution in [0, 0.1) is 0 Å². The van der Waals surface area contributed by atoms with Crippen LogP contribution in [0.4, 0.5) is 0 Å². The predicted molar refractivity (Wildman–Crippen MR) is 102 cm³/mol. The average molecular weight is 348 g/mol. The van der Waals surface area contributed by atoms with Crippen molar-refractivity contribution in [1.29, 1.82) is 0 Å². The fourth-order valence-corrected chi connectivity index (χ4v) is 2.76. The molecule has 5 heteroatoms. The Hall–Kier alpha value is -3.34. The van der Waals surface area contributed by atoms with Gasteiger partial charge in [-0.3, -0.25) is 4.79 Å². The zero-order chi connectivity index (χ0) is 18.4. The average Bonchev–Trinajstić information content (AvgIpc) is 2.65. The number of nitrogens with one attached hydrogen (secondary N) is 1. The SMILES string of the molecule is O=C(CCCc1ccc(O)cc1)N/N=C\c1c(O)ccc2ccccc12. The van der Waals surface area contributed by atoms with E-state index in [0.29, 0.717) is 18.4 Å². The van der Waals surface area contributed by atoms with Gasteiger partial charge in [0.15, 0.2) is 0 Å². The first-order chi connectivity index (χ1) is 12.6. The van der Waals surface area contributed by atoms with Crippen LogP contribution in [-0.2, 0) is 11.2 Å². The van der Waals surface area contributed by atoms with Crippen molar-refractivity contribution in [2.24, 2.45) is 5.10 Å². The zero-order valence-electron chi connectivity index (χ0n) is 14.2. The van der Waals surface area contributed by atoms with Gasteiger partial charge in [-0.2, -0.15) is 5.10 Å². The third-order valence-corrected chi connectivity index (χ3v) is 4.14. The lowest BCUT2D eigenvalue weighted by Gasteiger charge is -2.05. The van der Waals surface area contributed by atoms with Crippen LogP contribution < -0.4 is 5.43 Å². The summed E-state index contributed by atoms with van der Waals surface area (Å²) in [7, 11) is 0. The van der Waals surface area contributed by atoms with Crippen molar-refractivity contribution in [3.05, 3.63) is 71.8 Å². The summed E-state index contributed by atoms with van der Waals surface area (Å²) in [6.07, 6.45) is 3.25. The molecule has 3 aromatic rings.